The SMILES string of the molecule is NC(CC1CCOCC1)c1ccc2nccnc2c1. The standard InChI is InChI=1S/C15H19N3O/c16-13(9-11-3-7-19-8-4-11)12-1-2-14-15(10-12)18-6-5-17-14/h1-2,5-6,10-11,13H,3-4,7-9,16H2. The number of ether oxygens (including phenoxy) is 1. The van der Waals surface area contributed by atoms with Crippen molar-refractivity contribution in [2.24, 2.45) is 11.7 Å². The zero-order valence-corrected chi connectivity index (χ0v) is 11.0. The van der Waals surface area contributed by atoms with Crippen LogP contribution in [0, 0.1) is 5.92 Å². The van der Waals surface area contributed by atoms with Gasteiger partial charge >= 0.3 is 0 Å². The monoisotopic (exact) mass is 257 g/mol. The van der Waals surface area contributed by atoms with Crippen molar-refractivity contribution in [2.75, 3.05) is 13.2 Å². The highest BCUT2D eigenvalue weighted by atomic mass is 16.5. The van der Waals surface area contributed by atoms with Gasteiger partial charge in [0.1, 0.15) is 0 Å². The molecule has 1 saturated heterocycles. The molecule has 2 heterocycles. The summed E-state index contributed by atoms with van der Waals surface area (Å²) in [6.45, 7) is 1.75. The van der Waals surface area contributed by atoms with Gasteiger partial charge in [-0.05, 0) is 42.9 Å². The van der Waals surface area contributed by atoms with Gasteiger partial charge in [0.2, 0.25) is 0 Å². The number of nitrogens with two attached hydrogens (primary N) is 1. The molecule has 1 aromatic heterocycles. The van der Waals surface area contributed by atoms with Crippen LogP contribution < -0.4 is 5.73 Å². The van der Waals surface area contributed by atoms with Gasteiger partial charge in [0.25, 0.3) is 0 Å². The van der Waals surface area contributed by atoms with Crippen LogP contribution in [0.1, 0.15) is 30.9 Å². The molecule has 19 heavy (non-hydrogen) atoms. The molecule has 1 fully saturated rings. The molecule has 1 aliphatic rings. The second kappa shape index (κ2) is 5.63. The molecule has 4 heteroatoms. The average Bonchev–Trinajstić information content (AvgIpc) is 2.48. The summed E-state index contributed by atoms with van der Waals surface area (Å²) in [5.74, 6) is 0.682. The highest BCUT2D eigenvalue weighted by Crippen LogP contribution is 2.27. The fourth-order valence-corrected chi connectivity index (χ4v) is 2.69. The fraction of sp³-hybridized carbons (Fsp3) is 0.467. The fourth-order valence-electron chi connectivity index (χ4n) is 2.69. The minimum Gasteiger partial charge on any atom is -0.381 e. The van der Waals surface area contributed by atoms with Gasteiger partial charge in [-0.1, -0.05) is 6.07 Å². The minimum atomic E-state index is 0.0782. The van der Waals surface area contributed by atoms with Crippen molar-refractivity contribution in [2.45, 2.75) is 25.3 Å². The summed E-state index contributed by atoms with van der Waals surface area (Å²) in [6.07, 6.45) is 6.71. The molecule has 1 aromatic carbocycles. The van der Waals surface area contributed by atoms with Gasteiger partial charge in [0, 0.05) is 31.6 Å². The summed E-state index contributed by atoms with van der Waals surface area (Å²) in [7, 11) is 0. The third-order valence-corrected chi connectivity index (χ3v) is 3.85. The Morgan fingerprint density at radius 3 is 2.68 bits per heavy atom. The van der Waals surface area contributed by atoms with Crippen molar-refractivity contribution < 1.29 is 4.74 Å². The van der Waals surface area contributed by atoms with Gasteiger partial charge in [-0.2, -0.15) is 0 Å². The van der Waals surface area contributed by atoms with E-state index >= 15 is 0 Å². The van der Waals surface area contributed by atoms with Gasteiger partial charge in [0.15, 0.2) is 0 Å². The number of hydrogen-bond donors (Lipinski definition) is 1. The molecule has 0 aliphatic carbocycles. The van der Waals surface area contributed by atoms with Gasteiger partial charge in [-0.3, -0.25) is 9.97 Å². The minimum absolute atomic E-state index is 0.0782. The van der Waals surface area contributed by atoms with Crippen molar-refractivity contribution in [3.8, 4) is 0 Å². The Morgan fingerprint density at radius 2 is 1.89 bits per heavy atom. The molecule has 0 saturated carbocycles. The summed E-state index contributed by atoms with van der Waals surface area (Å²) in [5.41, 5.74) is 9.32. The van der Waals surface area contributed by atoms with E-state index in [4.69, 9.17) is 10.5 Å². The number of hydrogen-bond acceptors (Lipinski definition) is 4. The maximum absolute atomic E-state index is 6.33. The van der Waals surface area contributed by atoms with E-state index in [1.165, 1.54) is 0 Å². The van der Waals surface area contributed by atoms with Crippen LogP contribution in [0.15, 0.2) is 30.6 Å². The molecule has 2 N–H and O–H groups in total. The maximum atomic E-state index is 6.33. The Balaban J connectivity index is 1.75. The van der Waals surface area contributed by atoms with Crippen LogP contribution >= 0.6 is 0 Å². The van der Waals surface area contributed by atoms with Crippen LogP contribution in [0.5, 0.6) is 0 Å². The lowest BCUT2D eigenvalue weighted by atomic mass is 9.90. The summed E-state index contributed by atoms with van der Waals surface area (Å²) in [6, 6.07) is 6.21. The molecule has 0 spiro atoms. The molecular formula is C15H19N3O. The topological polar surface area (TPSA) is 61.0 Å². The maximum Gasteiger partial charge on any atom is 0.0890 e. The number of rotatable bonds is 3. The normalized spacial score (nSPS) is 18.6. The van der Waals surface area contributed by atoms with Crippen molar-refractivity contribution in [3.63, 3.8) is 0 Å². The Labute approximate surface area is 113 Å². The second-order valence-electron chi connectivity index (χ2n) is 5.20. The third-order valence-electron chi connectivity index (χ3n) is 3.85. The number of benzene rings is 1. The summed E-state index contributed by atoms with van der Waals surface area (Å²) in [4.78, 5) is 8.61. The molecule has 1 unspecified atom stereocenters. The molecular weight excluding hydrogens is 238 g/mol. The van der Waals surface area contributed by atoms with Crippen LogP contribution in [0.4, 0.5) is 0 Å². The van der Waals surface area contributed by atoms with E-state index in [1.54, 1.807) is 12.4 Å². The summed E-state index contributed by atoms with van der Waals surface area (Å²) < 4.78 is 5.39. The van der Waals surface area contributed by atoms with E-state index in [0.717, 1.165) is 49.1 Å². The van der Waals surface area contributed by atoms with Gasteiger partial charge in [-0.25, -0.2) is 0 Å². The smallest absolute Gasteiger partial charge is 0.0890 e. The zero-order valence-electron chi connectivity index (χ0n) is 11.0. The van der Waals surface area contributed by atoms with Crippen LogP contribution in [0.25, 0.3) is 11.0 Å². The molecule has 100 valence electrons. The molecule has 3 rings (SSSR count). The van der Waals surface area contributed by atoms with Crippen LogP contribution in [0.2, 0.25) is 0 Å². The van der Waals surface area contributed by atoms with E-state index in [1.807, 2.05) is 6.07 Å². The average molecular weight is 257 g/mol. The van der Waals surface area contributed by atoms with Crippen molar-refractivity contribution in [1.29, 1.82) is 0 Å². The Hall–Kier alpha value is -1.52. The van der Waals surface area contributed by atoms with Crippen LogP contribution in [0.3, 0.4) is 0 Å². The lowest BCUT2D eigenvalue weighted by Gasteiger charge is -2.25. The first kappa shape index (κ1) is 12.5. The van der Waals surface area contributed by atoms with Crippen molar-refractivity contribution in [1.82, 2.24) is 9.97 Å². The molecule has 0 amide bonds. The lowest BCUT2D eigenvalue weighted by molar-refractivity contribution is 0.0618. The number of nitrogens with zero attached hydrogens (tertiary/aromatic N) is 2. The predicted octanol–water partition coefficient (Wildman–Crippen LogP) is 2.45. The largest absolute Gasteiger partial charge is 0.381 e. The third kappa shape index (κ3) is 2.91. The van der Waals surface area contributed by atoms with Gasteiger partial charge < -0.3 is 10.5 Å². The van der Waals surface area contributed by atoms with E-state index < -0.39 is 0 Å². The Kier molecular flexibility index (Phi) is 3.71. The van der Waals surface area contributed by atoms with E-state index in [-0.39, 0.29) is 6.04 Å². The quantitative estimate of drug-likeness (QED) is 0.917. The second-order valence-corrected chi connectivity index (χ2v) is 5.20. The van der Waals surface area contributed by atoms with E-state index in [9.17, 15) is 0 Å². The first-order chi connectivity index (χ1) is 9.33. The number of fused-ring (bicyclic) bond motifs is 1. The zero-order chi connectivity index (χ0) is 13.1. The van der Waals surface area contributed by atoms with Gasteiger partial charge in [-0.15, -0.1) is 0 Å². The molecule has 4 nitrogen and oxygen atoms in total. The highest BCUT2D eigenvalue weighted by molar-refractivity contribution is 5.74. The molecule has 0 radical (unpaired) electrons. The van der Waals surface area contributed by atoms with Gasteiger partial charge in [0.05, 0.1) is 11.0 Å². The molecule has 0 bridgehead atoms. The summed E-state index contributed by atoms with van der Waals surface area (Å²) >= 11 is 0. The number of aromatic nitrogens is 2. The Morgan fingerprint density at radius 1 is 1.16 bits per heavy atom. The van der Waals surface area contributed by atoms with E-state index in [2.05, 4.69) is 22.1 Å². The predicted molar refractivity (Wildman–Crippen MR) is 74.6 cm³/mol. The molecule has 1 atom stereocenters. The van der Waals surface area contributed by atoms with Crippen molar-refractivity contribution in [3.05, 3.63) is 36.2 Å². The van der Waals surface area contributed by atoms with Crippen LogP contribution in [-0.2, 0) is 4.74 Å². The van der Waals surface area contributed by atoms with Crippen molar-refractivity contribution >= 4 is 11.0 Å². The molecule has 1 aliphatic heterocycles. The first-order valence-corrected chi connectivity index (χ1v) is 6.87. The summed E-state index contributed by atoms with van der Waals surface area (Å²) in [5, 5.41) is 0. The van der Waals surface area contributed by atoms with Crippen LogP contribution in [-0.4, -0.2) is 23.2 Å². The van der Waals surface area contributed by atoms with E-state index in [0.29, 0.717) is 5.92 Å². The lowest BCUT2D eigenvalue weighted by Crippen LogP contribution is -2.21. The Bertz CT molecular complexity index is 552. The first-order valence-electron chi connectivity index (χ1n) is 6.87. The molecule has 2 aromatic rings. The highest BCUT2D eigenvalue weighted by Gasteiger charge is 2.18.